The Hall–Kier alpha value is -0.330. The predicted octanol–water partition coefficient (Wildman–Crippen LogP) is 2.06. The highest BCUT2D eigenvalue weighted by Crippen LogP contribution is 2.24. The SMILES string of the molecule is C=C1CC[C@H](F)C1. The van der Waals surface area contributed by atoms with Crippen LogP contribution in [-0.2, 0) is 0 Å². The van der Waals surface area contributed by atoms with E-state index in [9.17, 15) is 4.39 Å². The maximum Gasteiger partial charge on any atom is 0.104 e. The Bertz CT molecular complexity index is 86.2. The van der Waals surface area contributed by atoms with E-state index in [1.165, 1.54) is 0 Å². The lowest BCUT2D eigenvalue weighted by atomic mass is 10.3. The second kappa shape index (κ2) is 1.65. The van der Waals surface area contributed by atoms with Gasteiger partial charge in [-0.15, -0.1) is 0 Å². The Labute approximate surface area is 43.0 Å². The summed E-state index contributed by atoms with van der Waals surface area (Å²) in [5, 5.41) is 0. The Balaban J connectivity index is 2.40. The van der Waals surface area contributed by atoms with Crippen LogP contribution in [0.1, 0.15) is 19.3 Å². The smallest absolute Gasteiger partial charge is 0.104 e. The monoisotopic (exact) mass is 100 g/mol. The molecule has 1 heteroatoms. The number of hydrogen-bond donors (Lipinski definition) is 0. The lowest BCUT2D eigenvalue weighted by molar-refractivity contribution is 0.347. The first-order valence-corrected chi connectivity index (χ1v) is 2.60. The van der Waals surface area contributed by atoms with E-state index < -0.39 is 6.17 Å². The molecule has 0 amide bonds. The van der Waals surface area contributed by atoms with Crippen molar-refractivity contribution in [3.63, 3.8) is 0 Å². The molecule has 1 saturated carbocycles. The van der Waals surface area contributed by atoms with Crippen LogP contribution in [0.2, 0.25) is 0 Å². The number of rotatable bonds is 0. The van der Waals surface area contributed by atoms with Gasteiger partial charge in [-0.25, -0.2) is 4.39 Å². The molecule has 0 saturated heterocycles. The fraction of sp³-hybridized carbons (Fsp3) is 0.667. The molecule has 0 aliphatic heterocycles. The third-order valence-electron chi connectivity index (χ3n) is 1.32. The molecule has 40 valence electrons. The van der Waals surface area contributed by atoms with Crippen LogP contribution in [0.5, 0.6) is 0 Å². The van der Waals surface area contributed by atoms with Crippen LogP contribution in [0.25, 0.3) is 0 Å². The summed E-state index contributed by atoms with van der Waals surface area (Å²) in [7, 11) is 0. The van der Waals surface area contributed by atoms with E-state index in [-0.39, 0.29) is 0 Å². The first-order chi connectivity index (χ1) is 3.29. The van der Waals surface area contributed by atoms with E-state index in [0.29, 0.717) is 12.8 Å². The van der Waals surface area contributed by atoms with Gasteiger partial charge in [0.15, 0.2) is 0 Å². The summed E-state index contributed by atoms with van der Waals surface area (Å²) >= 11 is 0. The molecule has 0 aromatic rings. The van der Waals surface area contributed by atoms with Gasteiger partial charge >= 0.3 is 0 Å². The zero-order valence-corrected chi connectivity index (χ0v) is 4.28. The van der Waals surface area contributed by atoms with E-state index in [4.69, 9.17) is 0 Å². The van der Waals surface area contributed by atoms with Gasteiger partial charge in [0.05, 0.1) is 0 Å². The predicted molar refractivity (Wildman–Crippen MR) is 27.9 cm³/mol. The van der Waals surface area contributed by atoms with Crippen molar-refractivity contribution in [2.75, 3.05) is 0 Å². The number of hydrogen-bond acceptors (Lipinski definition) is 0. The molecule has 0 N–H and O–H groups in total. The lowest BCUT2D eigenvalue weighted by Crippen LogP contribution is -1.86. The molecule has 1 aliphatic rings. The molecule has 0 heterocycles. The average Bonchev–Trinajstić information content (AvgIpc) is 1.87. The molecular weight excluding hydrogens is 91.1 g/mol. The third kappa shape index (κ3) is 1.02. The van der Waals surface area contributed by atoms with Gasteiger partial charge in [-0.3, -0.25) is 0 Å². The fourth-order valence-corrected chi connectivity index (χ4v) is 0.878. The highest BCUT2D eigenvalue weighted by atomic mass is 19.1. The van der Waals surface area contributed by atoms with E-state index in [2.05, 4.69) is 6.58 Å². The summed E-state index contributed by atoms with van der Waals surface area (Å²) in [6.07, 6.45) is 1.65. The molecule has 0 nitrogen and oxygen atoms in total. The quantitative estimate of drug-likeness (QED) is 0.409. The summed E-state index contributed by atoms with van der Waals surface area (Å²) < 4.78 is 12.1. The fourth-order valence-electron chi connectivity index (χ4n) is 0.878. The summed E-state index contributed by atoms with van der Waals surface area (Å²) in [4.78, 5) is 0. The Morgan fingerprint density at radius 1 is 1.71 bits per heavy atom. The molecule has 0 radical (unpaired) electrons. The molecule has 0 spiro atoms. The maximum atomic E-state index is 12.1. The van der Waals surface area contributed by atoms with Crippen molar-refractivity contribution in [1.29, 1.82) is 0 Å². The summed E-state index contributed by atoms with van der Waals surface area (Å²) in [6.45, 7) is 3.66. The van der Waals surface area contributed by atoms with Gasteiger partial charge in [0.1, 0.15) is 6.17 Å². The van der Waals surface area contributed by atoms with Gasteiger partial charge in [0.25, 0.3) is 0 Å². The zero-order chi connectivity index (χ0) is 5.28. The van der Waals surface area contributed by atoms with Gasteiger partial charge in [-0.2, -0.15) is 0 Å². The minimum atomic E-state index is -0.576. The second-order valence-electron chi connectivity index (χ2n) is 2.09. The highest BCUT2D eigenvalue weighted by Gasteiger charge is 2.15. The molecule has 1 aliphatic carbocycles. The molecule has 1 rings (SSSR count). The van der Waals surface area contributed by atoms with Gasteiger partial charge in [0.2, 0.25) is 0 Å². The third-order valence-corrected chi connectivity index (χ3v) is 1.32. The van der Waals surface area contributed by atoms with Gasteiger partial charge < -0.3 is 0 Å². The Kier molecular flexibility index (Phi) is 1.13. The normalized spacial score (nSPS) is 31.6. The summed E-state index contributed by atoms with van der Waals surface area (Å²) in [6, 6.07) is 0. The van der Waals surface area contributed by atoms with Crippen LogP contribution < -0.4 is 0 Å². The van der Waals surface area contributed by atoms with Gasteiger partial charge in [-0.05, 0) is 19.3 Å². The van der Waals surface area contributed by atoms with Crippen molar-refractivity contribution in [2.45, 2.75) is 25.4 Å². The van der Waals surface area contributed by atoms with Crippen LogP contribution in [-0.4, -0.2) is 6.17 Å². The standard InChI is InChI=1S/C6H9F/c1-5-2-3-6(7)4-5/h6H,1-4H2/t6-/m0/s1. The molecule has 0 bridgehead atoms. The van der Waals surface area contributed by atoms with Crippen molar-refractivity contribution >= 4 is 0 Å². The molecule has 7 heavy (non-hydrogen) atoms. The first-order valence-electron chi connectivity index (χ1n) is 2.60. The number of halogens is 1. The minimum Gasteiger partial charge on any atom is -0.247 e. The number of alkyl halides is 1. The summed E-state index contributed by atoms with van der Waals surface area (Å²) in [5.41, 5.74) is 1.08. The highest BCUT2D eigenvalue weighted by molar-refractivity contribution is 5.02. The Morgan fingerprint density at radius 3 is 2.57 bits per heavy atom. The van der Waals surface area contributed by atoms with Crippen molar-refractivity contribution in [3.05, 3.63) is 12.2 Å². The van der Waals surface area contributed by atoms with E-state index in [1.807, 2.05) is 0 Å². The maximum absolute atomic E-state index is 12.1. The van der Waals surface area contributed by atoms with Crippen molar-refractivity contribution in [1.82, 2.24) is 0 Å². The molecular formula is C6H9F. The first kappa shape index (κ1) is 4.82. The number of allylic oxidation sites excluding steroid dienone is 1. The van der Waals surface area contributed by atoms with Gasteiger partial charge in [0, 0.05) is 0 Å². The average molecular weight is 100 g/mol. The molecule has 1 fully saturated rings. The molecule has 0 unspecified atom stereocenters. The van der Waals surface area contributed by atoms with E-state index in [0.717, 1.165) is 12.0 Å². The topological polar surface area (TPSA) is 0 Å². The van der Waals surface area contributed by atoms with Crippen molar-refractivity contribution < 1.29 is 4.39 Å². The van der Waals surface area contributed by atoms with Gasteiger partial charge in [-0.1, -0.05) is 12.2 Å². The van der Waals surface area contributed by atoms with Crippen LogP contribution in [0.3, 0.4) is 0 Å². The largest absolute Gasteiger partial charge is 0.247 e. The molecule has 0 aromatic carbocycles. The molecule has 1 atom stereocenters. The van der Waals surface area contributed by atoms with Crippen LogP contribution in [0, 0.1) is 0 Å². The molecule has 0 aromatic heterocycles. The van der Waals surface area contributed by atoms with Crippen molar-refractivity contribution in [3.8, 4) is 0 Å². The van der Waals surface area contributed by atoms with Crippen LogP contribution in [0.4, 0.5) is 4.39 Å². The minimum absolute atomic E-state index is 0.576. The van der Waals surface area contributed by atoms with Crippen LogP contribution in [0.15, 0.2) is 12.2 Å². The van der Waals surface area contributed by atoms with Crippen molar-refractivity contribution in [2.24, 2.45) is 0 Å². The van der Waals surface area contributed by atoms with E-state index in [1.54, 1.807) is 0 Å². The summed E-state index contributed by atoms with van der Waals surface area (Å²) in [5.74, 6) is 0. The lowest BCUT2D eigenvalue weighted by Gasteiger charge is -1.87. The zero-order valence-electron chi connectivity index (χ0n) is 4.28. The van der Waals surface area contributed by atoms with E-state index >= 15 is 0 Å². The van der Waals surface area contributed by atoms with Crippen LogP contribution >= 0.6 is 0 Å². The second-order valence-corrected chi connectivity index (χ2v) is 2.09. The Morgan fingerprint density at radius 2 is 2.43 bits per heavy atom.